The summed E-state index contributed by atoms with van der Waals surface area (Å²) >= 11 is 8.86. The third kappa shape index (κ3) is 3.55. The largest absolute Gasteiger partial charge is 0.392 e. The number of hydrogen-bond acceptors (Lipinski definition) is 3. The van der Waals surface area contributed by atoms with Gasteiger partial charge in [0.1, 0.15) is 5.82 Å². The van der Waals surface area contributed by atoms with Crippen molar-refractivity contribution < 1.29 is 17.9 Å². The van der Waals surface area contributed by atoms with Crippen LogP contribution in [0.4, 0.5) is 10.1 Å². The van der Waals surface area contributed by atoms with Gasteiger partial charge in [0.2, 0.25) is 0 Å². The van der Waals surface area contributed by atoms with Crippen molar-refractivity contribution in [3.8, 4) is 0 Å². The van der Waals surface area contributed by atoms with Gasteiger partial charge in [0, 0.05) is 10.0 Å². The average Bonchev–Trinajstić information content (AvgIpc) is 2.44. The Bertz CT molecular complexity index is 783. The molecule has 0 bridgehead atoms. The third-order valence-corrected chi connectivity index (χ3v) is 5.14. The van der Waals surface area contributed by atoms with Crippen molar-refractivity contribution >= 4 is 43.2 Å². The van der Waals surface area contributed by atoms with Gasteiger partial charge in [0.15, 0.2) is 0 Å². The van der Waals surface area contributed by atoms with E-state index in [9.17, 15) is 12.8 Å². The summed E-state index contributed by atoms with van der Waals surface area (Å²) in [6.07, 6.45) is 0. The summed E-state index contributed by atoms with van der Waals surface area (Å²) in [5, 5.41) is 8.80. The summed E-state index contributed by atoms with van der Waals surface area (Å²) in [7, 11) is -4.00. The van der Waals surface area contributed by atoms with Gasteiger partial charge in [-0.05, 0) is 40.2 Å². The van der Waals surface area contributed by atoms with Gasteiger partial charge in [-0.3, -0.25) is 4.72 Å². The van der Waals surface area contributed by atoms with Crippen LogP contribution in [-0.2, 0) is 16.6 Å². The van der Waals surface area contributed by atoms with Gasteiger partial charge in [-0.15, -0.1) is 0 Å². The van der Waals surface area contributed by atoms with Crippen molar-refractivity contribution in [2.45, 2.75) is 11.5 Å². The Hall–Kier alpha value is -1.15. The fourth-order valence-corrected chi connectivity index (χ4v) is 3.46. The van der Waals surface area contributed by atoms with Gasteiger partial charge in [0.25, 0.3) is 10.0 Å². The van der Waals surface area contributed by atoms with E-state index in [-0.39, 0.29) is 15.5 Å². The predicted molar refractivity (Wildman–Crippen MR) is 82.3 cm³/mol. The Labute approximate surface area is 134 Å². The maximum atomic E-state index is 13.6. The van der Waals surface area contributed by atoms with Crippen LogP contribution in [0.2, 0.25) is 5.02 Å². The van der Waals surface area contributed by atoms with Gasteiger partial charge >= 0.3 is 0 Å². The molecule has 0 aromatic heterocycles. The van der Waals surface area contributed by atoms with E-state index in [4.69, 9.17) is 16.7 Å². The van der Waals surface area contributed by atoms with Crippen molar-refractivity contribution in [2.75, 3.05) is 4.72 Å². The number of rotatable bonds is 4. The van der Waals surface area contributed by atoms with Gasteiger partial charge in [0.05, 0.1) is 22.2 Å². The SMILES string of the molecule is O=S(=O)(Nc1ccccc1Br)c1cc(F)c(Cl)c(CO)c1. The zero-order chi connectivity index (χ0) is 15.6. The molecule has 0 spiro atoms. The molecular formula is C13H10BrClFNO3S. The molecule has 0 saturated carbocycles. The average molecular weight is 395 g/mol. The zero-order valence-corrected chi connectivity index (χ0v) is 13.6. The number of aliphatic hydroxyl groups is 1. The summed E-state index contributed by atoms with van der Waals surface area (Å²) in [5.41, 5.74) is 0.322. The van der Waals surface area contributed by atoms with E-state index in [0.29, 0.717) is 10.2 Å². The number of benzene rings is 2. The second kappa shape index (κ2) is 6.31. The van der Waals surface area contributed by atoms with Crippen LogP contribution in [0.1, 0.15) is 5.56 Å². The molecule has 0 saturated heterocycles. The van der Waals surface area contributed by atoms with Crippen LogP contribution < -0.4 is 4.72 Å². The van der Waals surface area contributed by atoms with Crippen molar-refractivity contribution in [3.05, 3.63) is 57.3 Å². The highest BCUT2D eigenvalue weighted by Crippen LogP contribution is 2.28. The molecule has 0 aliphatic heterocycles. The lowest BCUT2D eigenvalue weighted by molar-refractivity contribution is 0.281. The number of anilines is 1. The zero-order valence-electron chi connectivity index (χ0n) is 10.5. The number of hydrogen-bond donors (Lipinski definition) is 2. The minimum atomic E-state index is -4.00. The Morgan fingerprint density at radius 1 is 1.29 bits per heavy atom. The van der Waals surface area contributed by atoms with Crippen molar-refractivity contribution in [3.63, 3.8) is 0 Å². The van der Waals surface area contributed by atoms with Crippen molar-refractivity contribution in [1.29, 1.82) is 0 Å². The lowest BCUT2D eigenvalue weighted by Gasteiger charge is -2.11. The maximum absolute atomic E-state index is 13.6. The van der Waals surface area contributed by atoms with Crippen LogP contribution in [0.25, 0.3) is 0 Å². The molecule has 0 aliphatic carbocycles. The fraction of sp³-hybridized carbons (Fsp3) is 0.0769. The fourth-order valence-electron chi connectivity index (χ4n) is 1.64. The summed E-state index contributed by atoms with van der Waals surface area (Å²) in [4.78, 5) is -0.316. The standard InChI is InChI=1S/C13H10BrClFNO3S/c14-10-3-1-2-4-12(10)17-21(19,20)9-5-8(7-18)13(15)11(16)6-9/h1-6,17-18H,7H2. The number of nitrogens with one attached hydrogen (secondary N) is 1. The Balaban J connectivity index is 2.45. The molecule has 21 heavy (non-hydrogen) atoms. The van der Waals surface area contributed by atoms with E-state index >= 15 is 0 Å². The van der Waals surface area contributed by atoms with Gasteiger partial charge in [-0.1, -0.05) is 23.7 Å². The first-order chi connectivity index (χ1) is 9.85. The highest BCUT2D eigenvalue weighted by atomic mass is 79.9. The number of aliphatic hydroxyl groups excluding tert-OH is 1. The van der Waals surface area contributed by atoms with E-state index in [1.165, 1.54) is 0 Å². The smallest absolute Gasteiger partial charge is 0.262 e. The topological polar surface area (TPSA) is 66.4 Å². The highest BCUT2D eigenvalue weighted by molar-refractivity contribution is 9.10. The number of sulfonamides is 1. The highest BCUT2D eigenvalue weighted by Gasteiger charge is 2.19. The molecule has 2 aromatic rings. The molecule has 112 valence electrons. The summed E-state index contributed by atoms with van der Waals surface area (Å²) in [5.74, 6) is -0.907. The quantitative estimate of drug-likeness (QED) is 0.833. The van der Waals surface area contributed by atoms with E-state index < -0.39 is 22.4 Å². The van der Waals surface area contributed by atoms with E-state index in [1.54, 1.807) is 24.3 Å². The van der Waals surface area contributed by atoms with Gasteiger partial charge < -0.3 is 5.11 Å². The number of para-hydroxylation sites is 1. The van der Waals surface area contributed by atoms with Gasteiger partial charge in [-0.2, -0.15) is 0 Å². The van der Waals surface area contributed by atoms with Crippen LogP contribution >= 0.6 is 27.5 Å². The minimum Gasteiger partial charge on any atom is -0.392 e. The molecule has 0 radical (unpaired) electrons. The molecule has 8 heteroatoms. The second-order valence-electron chi connectivity index (χ2n) is 4.12. The van der Waals surface area contributed by atoms with Crippen molar-refractivity contribution in [1.82, 2.24) is 0 Å². The molecule has 0 unspecified atom stereocenters. The molecule has 2 rings (SSSR count). The Morgan fingerprint density at radius 3 is 2.57 bits per heavy atom. The van der Waals surface area contributed by atoms with E-state index in [1.807, 2.05) is 0 Å². The Kier molecular flexibility index (Phi) is 4.88. The Morgan fingerprint density at radius 2 is 1.95 bits per heavy atom. The van der Waals surface area contributed by atoms with Gasteiger partial charge in [-0.25, -0.2) is 12.8 Å². The molecule has 0 heterocycles. The predicted octanol–water partition coefficient (Wildman–Crippen LogP) is 3.53. The number of halogens is 3. The molecule has 0 atom stereocenters. The normalized spacial score (nSPS) is 11.4. The molecule has 4 nitrogen and oxygen atoms in total. The second-order valence-corrected chi connectivity index (χ2v) is 7.04. The van der Waals surface area contributed by atoms with Crippen LogP contribution in [-0.4, -0.2) is 13.5 Å². The first-order valence-corrected chi connectivity index (χ1v) is 8.36. The molecule has 2 aromatic carbocycles. The molecule has 0 fully saturated rings. The summed E-state index contributed by atoms with van der Waals surface area (Å²) < 4.78 is 41.0. The lowest BCUT2D eigenvalue weighted by Crippen LogP contribution is -2.14. The molecular weight excluding hydrogens is 385 g/mol. The minimum absolute atomic E-state index is 0.00386. The van der Waals surface area contributed by atoms with Crippen LogP contribution in [0.15, 0.2) is 45.8 Å². The lowest BCUT2D eigenvalue weighted by atomic mass is 10.2. The third-order valence-electron chi connectivity index (χ3n) is 2.68. The van der Waals surface area contributed by atoms with Crippen LogP contribution in [0.5, 0.6) is 0 Å². The molecule has 2 N–H and O–H groups in total. The summed E-state index contributed by atoms with van der Waals surface area (Å²) in [6, 6.07) is 8.55. The molecule has 0 amide bonds. The maximum Gasteiger partial charge on any atom is 0.262 e. The van der Waals surface area contributed by atoms with Crippen LogP contribution in [0.3, 0.4) is 0 Å². The van der Waals surface area contributed by atoms with E-state index in [2.05, 4.69) is 20.7 Å². The van der Waals surface area contributed by atoms with Crippen LogP contribution in [0, 0.1) is 5.82 Å². The van der Waals surface area contributed by atoms with E-state index in [0.717, 1.165) is 12.1 Å². The first kappa shape index (κ1) is 16.2. The van der Waals surface area contributed by atoms with Crippen molar-refractivity contribution in [2.24, 2.45) is 0 Å². The first-order valence-electron chi connectivity index (χ1n) is 5.71. The monoisotopic (exact) mass is 393 g/mol. The summed E-state index contributed by atoms with van der Waals surface area (Å²) in [6.45, 7) is -0.561. The molecule has 0 aliphatic rings.